The maximum Gasteiger partial charge on any atom is 0.227 e. The summed E-state index contributed by atoms with van der Waals surface area (Å²) >= 11 is 0. The third-order valence-electron chi connectivity index (χ3n) is 5.41. The fraction of sp³-hybridized carbons (Fsp3) is 0.450. The molecular formula is C20H23FN6O. The van der Waals surface area contributed by atoms with Gasteiger partial charge in [-0.2, -0.15) is 10.2 Å². The van der Waals surface area contributed by atoms with Crippen LogP contribution in [0.25, 0.3) is 0 Å². The van der Waals surface area contributed by atoms with Gasteiger partial charge in [-0.05, 0) is 30.7 Å². The lowest BCUT2D eigenvalue weighted by molar-refractivity contribution is 0.122. The fourth-order valence-corrected chi connectivity index (χ4v) is 3.79. The van der Waals surface area contributed by atoms with Gasteiger partial charge in [-0.15, -0.1) is 0 Å². The maximum atomic E-state index is 13.4. The van der Waals surface area contributed by atoms with E-state index in [0.29, 0.717) is 18.8 Å². The van der Waals surface area contributed by atoms with Crippen LogP contribution in [-0.2, 0) is 4.74 Å². The lowest BCUT2D eigenvalue weighted by Gasteiger charge is -2.29. The first kappa shape index (κ1) is 18.4. The minimum absolute atomic E-state index is 0.254. The summed E-state index contributed by atoms with van der Waals surface area (Å²) in [4.78, 5) is 15.6. The second-order valence-electron chi connectivity index (χ2n) is 7.09. The van der Waals surface area contributed by atoms with E-state index in [1.165, 1.54) is 12.1 Å². The molecule has 2 aromatic rings. The molecule has 0 saturated carbocycles. The first-order chi connectivity index (χ1) is 13.7. The summed E-state index contributed by atoms with van der Waals surface area (Å²) in [6.45, 7) is 4.56. The number of anilines is 3. The molecule has 2 aliphatic rings. The van der Waals surface area contributed by atoms with Crippen LogP contribution in [0.4, 0.5) is 21.8 Å². The molecule has 1 aromatic heterocycles. The van der Waals surface area contributed by atoms with Gasteiger partial charge in [-0.25, -0.2) is 9.37 Å². The predicted octanol–water partition coefficient (Wildman–Crippen LogP) is 2.04. The zero-order valence-electron chi connectivity index (χ0n) is 15.9. The first-order valence-corrected chi connectivity index (χ1v) is 9.49. The Bertz CT molecular complexity index is 879. The van der Waals surface area contributed by atoms with E-state index in [1.807, 2.05) is 13.1 Å². The van der Waals surface area contributed by atoms with E-state index in [4.69, 9.17) is 9.72 Å². The highest BCUT2D eigenvalue weighted by molar-refractivity contribution is 5.60. The Kier molecular flexibility index (Phi) is 5.26. The number of hydrogen-bond donors (Lipinski definition) is 0. The van der Waals surface area contributed by atoms with Gasteiger partial charge in [-0.1, -0.05) is 0 Å². The van der Waals surface area contributed by atoms with E-state index in [2.05, 4.69) is 25.8 Å². The van der Waals surface area contributed by atoms with Crippen LogP contribution < -0.4 is 14.7 Å². The number of nitrogens with zero attached hydrogens (tertiary/aromatic N) is 6. The fourth-order valence-electron chi connectivity index (χ4n) is 3.79. The van der Waals surface area contributed by atoms with Crippen molar-refractivity contribution in [2.75, 3.05) is 61.1 Å². The SMILES string of the molecule is CN(c1ccnc(N2CCOCC2)n1)C1CCN(c2ccc(F)cc2C#N)C1. The number of benzene rings is 1. The average Bonchev–Trinajstić information content (AvgIpc) is 3.23. The van der Waals surface area contributed by atoms with Crippen molar-refractivity contribution < 1.29 is 9.13 Å². The Labute approximate surface area is 164 Å². The van der Waals surface area contributed by atoms with E-state index < -0.39 is 0 Å². The lowest BCUT2D eigenvalue weighted by Crippen LogP contribution is -2.38. The summed E-state index contributed by atoms with van der Waals surface area (Å²) in [5.74, 6) is 1.22. The normalized spacial score (nSPS) is 19.5. The van der Waals surface area contributed by atoms with E-state index in [-0.39, 0.29) is 11.9 Å². The van der Waals surface area contributed by atoms with E-state index in [0.717, 1.165) is 50.1 Å². The molecule has 0 radical (unpaired) electrons. The van der Waals surface area contributed by atoms with Crippen molar-refractivity contribution in [1.82, 2.24) is 9.97 Å². The van der Waals surface area contributed by atoms with Crippen LogP contribution in [0, 0.1) is 17.1 Å². The van der Waals surface area contributed by atoms with Crippen molar-refractivity contribution in [2.45, 2.75) is 12.5 Å². The third kappa shape index (κ3) is 3.71. The highest BCUT2D eigenvalue weighted by Crippen LogP contribution is 2.28. The first-order valence-electron chi connectivity index (χ1n) is 9.49. The zero-order chi connectivity index (χ0) is 19.5. The molecule has 3 heterocycles. The van der Waals surface area contributed by atoms with Crippen LogP contribution in [-0.4, -0.2) is 62.5 Å². The van der Waals surface area contributed by atoms with Crippen LogP contribution in [0.15, 0.2) is 30.5 Å². The topological polar surface area (TPSA) is 68.5 Å². The zero-order valence-corrected chi connectivity index (χ0v) is 15.9. The van der Waals surface area contributed by atoms with Crippen molar-refractivity contribution in [3.8, 4) is 6.07 Å². The van der Waals surface area contributed by atoms with Gasteiger partial charge in [0.2, 0.25) is 5.95 Å². The highest BCUT2D eigenvalue weighted by Gasteiger charge is 2.28. The van der Waals surface area contributed by atoms with Gasteiger partial charge in [-0.3, -0.25) is 0 Å². The Hall–Kier alpha value is -2.92. The van der Waals surface area contributed by atoms with E-state index >= 15 is 0 Å². The summed E-state index contributed by atoms with van der Waals surface area (Å²) in [6.07, 6.45) is 2.74. The molecule has 146 valence electrons. The standard InChI is InChI=1S/C20H23FN6O/c1-25(19-4-6-23-20(24-19)26-8-10-28-11-9-26)17-5-7-27(14-17)18-3-2-16(21)12-15(18)13-22/h2-4,6,12,17H,5,7-11,14H2,1H3. The van der Waals surface area contributed by atoms with Crippen molar-refractivity contribution in [2.24, 2.45) is 0 Å². The smallest absolute Gasteiger partial charge is 0.227 e. The van der Waals surface area contributed by atoms with Crippen LogP contribution in [0.5, 0.6) is 0 Å². The summed E-state index contributed by atoms with van der Waals surface area (Å²) in [5.41, 5.74) is 1.16. The molecule has 4 rings (SSSR count). The van der Waals surface area contributed by atoms with E-state index in [1.54, 1.807) is 12.3 Å². The lowest BCUT2D eigenvalue weighted by atomic mass is 10.1. The molecule has 0 aliphatic carbocycles. The van der Waals surface area contributed by atoms with Gasteiger partial charge < -0.3 is 19.4 Å². The van der Waals surface area contributed by atoms with Crippen LogP contribution >= 0.6 is 0 Å². The van der Waals surface area contributed by atoms with Gasteiger partial charge in [0.15, 0.2) is 0 Å². The van der Waals surface area contributed by atoms with Crippen molar-refractivity contribution in [3.63, 3.8) is 0 Å². The monoisotopic (exact) mass is 382 g/mol. The molecule has 28 heavy (non-hydrogen) atoms. The predicted molar refractivity (Wildman–Crippen MR) is 105 cm³/mol. The Balaban J connectivity index is 1.48. The minimum Gasteiger partial charge on any atom is -0.378 e. The largest absolute Gasteiger partial charge is 0.378 e. The molecule has 8 heteroatoms. The van der Waals surface area contributed by atoms with Crippen molar-refractivity contribution in [1.29, 1.82) is 5.26 Å². The molecule has 1 unspecified atom stereocenters. The van der Waals surface area contributed by atoms with Gasteiger partial charge in [0.25, 0.3) is 0 Å². The molecule has 0 N–H and O–H groups in total. The van der Waals surface area contributed by atoms with Gasteiger partial charge in [0.1, 0.15) is 17.7 Å². The second kappa shape index (κ2) is 7.98. The molecular weight excluding hydrogens is 359 g/mol. The average molecular weight is 382 g/mol. The summed E-state index contributed by atoms with van der Waals surface area (Å²) in [7, 11) is 2.04. The van der Waals surface area contributed by atoms with E-state index in [9.17, 15) is 9.65 Å². The van der Waals surface area contributed by atoms with Crippen LogP contribution in [0.1, 0.15) is 12.0 Å². The number of hydrogen-bond acceptors (Lipinski definition) is 7. The number of aromatic nitrogens is 2. The maximum absolute atomic E-state index is 13.4. The minimum atomic E-state index is -0.384. The van der Waals surface area contributed by atoms with Gasteiger partial charge >= 0.3 is 0 Å². The summed E-state index contributed by atoms with van der Waals surface area (Å²) in [6, 6.07) is 8.67. The Morgan fingerprint density at radius 1 is 1.21 bits per heavy atom. The Morgan fingerprint density at radius 2 is 2.04 bits per heavy atom. The number of rotatable bonds is 4. The highest BCUT2D eigenvalue weighted by atomic mass is 19.1. The summed E-state index contributed by atoms with van der Waals surface area (Å²) in [5, 5.41) is 9.33. The molecule has 0 bridgehead atoms. The number of ether oxygens (including phenoxy) is 1. The number of halogens is 1. The Morgan fingerprint density at radius 3 is 2.82 bits per heavy atom. The molecule has 2 fully saturated rings. The third-order valence-corrected chi connectivity index (χ3v) is 5.41. The van der Waals surface area contributed by atoms with Gasteiger partial charge in [0.05, 0.1) is 24.5 Å². The molecule has 0 amide bonds. The molecule has 1 atom stereocenters. The number of nitriles is 1. The number of morpholine rings is 1. The van der Waals surface area contributed by atoms with Crippen LogP contribution in [0.2, 0.25) is 0 Å². The quantitative estimate of drug-likeness (QED) is 0.801. The van der Waals surface area contributed by atoms with Crippen molar-refractivity contribution >= 4 is 17.5 Å². The van der Waals surface area contributed by atoms with Crippen molar-refractivity contribution in [3.05, 3.63) is 41.8 Å². The molecule has 2 aliphatic heterocycles. The molecule has 1 aromatic carbocycles. The van der Waals surface area contributed by atoms with Crippen LogP contribution in [0.3, 0.4) is 0 Å². The summed E-state index contributed by atoms with van der Waals surface area (Å²) < 4.78 is 18.8. The molecule has 7 nitrogen and oxygen atoms in total. The second-order valence-corrected chi connectivity index (χ2v) is 7.09. The van der Waals surface area contributed by atoms with Gasteiger partial charge in [0, 0.05) is 45.5 Å². The molecule has 0 spiro atoms. The molecule has 2 saturated heterocycles. The number of likely N-dealkylation sites (N-methyl/N-ethyl adjacent to an activating group) is 1.